The number of anilines is 1. The van der Waals surface area contributed by atoms with Crippen LogP contribution < -0.4 is 10.6 Å². The maximum absolute atomic E-state index is 13.4. The summed E-state index contributed by atoms with van der Waals surface area (Å²) in [6.45, 7) is 6.31. The van der Waals surface area contributed by atoms with Gasteiger partial charge in [-0.15, -0.1) is 0 Å². The van der Waals surface area contributed by atoms with E-state index in [1.807, 2.05) is 23.1 Å². The summed E-state index contributed by atoms with van der Waals surface area (Å²) in [5, 5.41) is 0. The normalized spacial score (nSPS) is 16.0. The molecule has 0 spiro atoms. The Morgan fingerprint density at radius 3 is 2.57 bits per heavy atom. The number of carbonyl (C=O) groups is 2. The summed E-state index contributed by atoms with van der Waals surface area (Å²) in [6, 6.07) is 17.8. The van der Waals surface area contributed by atoms with Gasteiger partial charge in [-0.1, -0.05) is 12.1 Å². The van der Waals surface area contributed by atoms with Gasteiger partial charge in [-0.3, -0.25) is 14.6 Å². The van der Waals surface area contributed by atoms with E-state index in [9.17, 15) is 9.59 Å². The lowest BCUT2D eigenvalue weighted by atomic mass is 10.1. The van der Waals surface area contributed by atoms with Crippen molar-refractivity contribution in [2.45, 2.75) is 26.4 Å². The average molecular weight is 469 g/mol. The first-order chi connectivity index (χ1) is 16.9. The fourth-order valence-corrected chi connectivity index (χ4v) is 4.81. The number of imidazole rings is 1. The van der Waals surface area contributed by atoms with Gasteiger partial charge >= 0.3 is 0 Å². The smallest absolute Gasteiger partial charge is 0.254 e. The van der Waals surface area contributed by atoms with Crippen molar-refractivity contribution in [1.82, 2.24) is 19.4 Å². The second-order valence-corrected chi connectivity index (χ2v) is 9.06. The molecule has 2 aromatic carbocycles. The van der Waals surface area contributed by atoms with Crippen molar-refractivity contribution in [2.24, 2.45) is 5.73 Å². The SMILES string of the molecule is Cc1cccc(N2CCN(C(=O)c3ccc4c(c3)nc(-c3ccncc3)n4CC(N)=O)CC2C)c1. The van der Waals surface area contributed by atoms with Crippen LogP contribution in [-0.2, 0) is 11.3 Å². The van der Waals surface area contributed by atoms with E-state index >= 15 is 0 Å². The zero-order valence-corrected chi connectivity index (χ0v) is 19.9. The van der Waals surface area contributed by atoms with Gasteiger partial charge in [0, 0.05) is 54.9 Å². The Balaban J connectivity index is 1.41. The minimum atomic E-state index is -0.458. The third-order valence-corrected chi connectivity index (χ3v) is 6.50. The van der Waals surface area contributed by atoms with Crippen molar-refractivity contribution in [3.8, 4) is 11.4 Å². The monoisotopic (exact) mass is 468 g/mol. The molecule has 8 nitrogen and oxygen atoms in total. The molecule has 1 fully saturated rings. The molecule has 0 bridgehead atoms. The highest BCUT2D eigenvalue weighted by atomic mass is 16.2. The fourth-order valence-electron chi connectivity index (χ4n) is 4.81. The molecule has 8 heteroatoms. The number of hydrogen-bond donors (Lipinski definition) is 1. The Labute approximate surface area is 204 Å². The van der Waals surface area contributed by atoms with Gasteiger partial charge in [0.1, 0.15) is 12.4 Å². The molecule has 5 rings (SSSR count). The first-order valence-corrected chi connectivity index (χ1v) is 11.7. The molecule has 2 N–H and O–H groups in total. The Kier molecular flexibility index (Phi) is 5.94. The second-order valence-electron chi connectivity index (χ2n) is 9.06. The van der Waals surface area contributed by atoms with E-state index in [1.54, 1.807) is 29.1 Å². The molecule has 3 heterocycles. The molecule has 0 radical (unpaired) electrons. The highest BCUT2D eigenvalue weighted by Crippen LogP contribution is 2.27. The molecule has 1 saturated heterocycles. The Hall–Kier alpha value is -4.20. The molecule has 2 amide bonds. The third kappa shape index (κ3) is 4.47. The first-order valence-electron chi connectivity index (χ1n) is 11.7. The van der Waals surface area contributed by atoms with E-state index in [0.717, 1.165) is 17.6 Å². The summed E-state index contributed by atoms with van der Waals surface area (Å²) in [5.74, 6) is 0.143. The summed E-state index contributed by atoms with van der Waals surface area (Å²) in [4.78, 5) is 38.2. The third-order valence-electron chi connectivity index (χ3n) is 6.50. The van der Waals surface area contributed by atoms with Gasteiger partial charge in [0.2, 0.25) is 5.91 Å². The summed E-state index contributed by atoms with van der Waals surface area (Å²) < 4.78 is 1.78. The van der Waals surface area contributed by atoms with Crippen LogP contribution in [0.3, 0.4) is 0 Å². The van der Waals surface area contributed by atoms with Crippen LogP contribution >= 0.6 is 0 Å². The summed E-state index contributed by atoms with van der Waals surface area (Å²) >= 11 is 0. The van der Waals surface area contributed by atoms with E-state index in [1.165, 1.54) is 11.3 Å². The van der Waals surface area contributed by atoms with Crippen LogP contribution in [0.2, 0.25) is 0 Å². The van der Waals surface area contributed by atoms with E-state index in [-0.39, 0.29) is 18.5 Å². The number of piperazine rings is 1. The van der Waals surface area contributed by atoms with Crippen molar-refractivity contribution in [3.05, 3.63) is 78.1 Å². The number of carbonyl (C=O) groups excluding carboxylic acids is 2. The number of nitrogens with zero attached hydrogens (tertiary/aromatic N) is 5. The van der Waals surface area contributed by atoms with E-state index in [0.29, 0.717) is 30.0 Å². The van der Waals surface area contributed by atoms with Crippen LogP contribution in [0.25, 0.3) is 22.4 Å². The van der Waals surface area contributed by atoms with E-state index in [2.05, 4.69) is 48.0 Å². The Bertz CT molecular complexity index is 1400. The minimum absolute atomic E-state index is 0.000115. The van der Waals surface area contributed by atoms with Crippen LogP contribution in [0.15, 0.2) is 67.0 Å². The number of primary amides is 1. The van der Waals surface area contributed by atoms with Crippen molar-refractivity contribution in [1.29, 1.82) is 0 Å². The van der Waals surface area contributed by atoms with Crippen LogP contribution in [0, 0.1) is 6.92 Å². The van der Waals surface area contributed by atoms with Gasteiger partial charge in [-0.2, -0.15) is 0 Å². The highest BCUT2D eigenvalue weighted by molar-refractivity contribution is 5.98. The van der Waals surface area contributed by atoms with Crippen molar-refractivity contribution in [3.63, 3.8) is 0 Å². The second kappa shape index (κ2) is 9.21. The number of amides is 2. The lowest BCUT2D eigenvalue weighted by Crippen LogP contribution is -2.53. The molecule has 0 aliphatic carbocycles. The molecule has 4 aromatic rings. The number of hydrogen-bond acceptors (Lipinski definition) is 5. The van der Waals surface area contributed by atoms with E-state index < -0.39 is 5.91 Å². The number of rotatable bonds is 5. The minimum Gasteiger partial charge on any atom is -0.368 e. The number of aromatic nitrogens is 3. The van der Waals surface area contributed by atoms with Crippen molar-refractivity contribution in [2.75, 3.05) is 24.5 Å². The molecular formula is C27H28N6O2. The van der Waals surface area contributed by atoms with Gasteiger partial charge in [0.25, 0.3) is 5.91 Å². The summed E-state index contributed by atoms with van der Waals surface area (Å²) in [5.41, 5.74) is 10.7. The standard InChI is InChI=1S/C27H28N6O2/c1-18-4-3-5-22(14-18)32-13-12-31(16-19(32)2)27(35)21-6-7-24-23(15-21)30-26(33(24)17-25(28)34)20-8-10-29-11-9-20/h3-11,14-15,19H,12-13,16-17H2,1-2H3,(H2,28,34). The quantitative estimate of drug-likeness (QED) is 0.485. The van der Waals surface area contributed by atoms with Crippen LogP contribution in [0.1, 0.15) is 22.8 Å². The largest absolute Gasteiger partial charge is 0.368 e. The number of nitrogens with two attached hydrogens (primary N) is 1. The molecule has 2 aromatic heterocycles. The molecule has 35 heavy (non-hydrogen) atoms. The summed E-state index contributed by atoms with van der Waals surface area (Å²) in [6.07, 6.45) is 3.35. The van der Waals surface area contributed by atoms with Gasteiger partial charge in [-0.05, 0) is 61.9 Å². The lowest BCUT2D eigenvalue weighted by molar-refractivity contribution is -0.118. The van der Waals surface area contributed by atoms with Crippen molar-refractivity contribution >= 4 is 28.5 Å². The van der Waals surface area contributed by atoms with Crippen LogP contribution in [0.5, 0.6) is 0 Å². The maximum atomic E-state index is 13.4. The number of aryl methyl sites for hydroxylation is 1. The molecular weight excluding hydrogens is 440 g/mol. The van der Waals surface area contributed by atoms with Gasteiger partial charge in [0.15, 0.2) is 0 Å². The zero-order chi connectivity index (χ0) is 24.5. The Morgan fingerprint density at radius 1 is 1.06 bits per heavy atom. The Morgan fingerprint density at radius 2 is 1.86 bits per heavy atom. The molecule has 178 valence electrons. The molecule has 0 saturated carbocycles. The van der Waals surface area contributed by atoms with E-state index in [4.69, 9.17) is 10.7 Å². The average Bonchev–Trinajstić information content (AvgIpc) is 3.21. The molecule has 1 aliphatic heterocycles. The topological polar surface area (TPSA) is 97.3 Å². The number of fused-ring (bicyclic) bond motifs is 1. The first kappa shape index (κ1) is 22.6. The van der Waals surface area contributed by atoms with Gasteiger partial charge < -0.3 is 20.1 Å². The fraction of sp³-hybridized carbons (Fsp3) is 0.259. The highest BCUT2D eigenvalue weighted by Gasteiger charge is 2.28. The van der Waals surface area contributed by atoms with Crippen LogP contribution in [-0.4, -0.2) is 56.9 Å². The molecule has 1 aliphatic rings. The lowest BCUT2D eigenvalue weighted by Gasteiger charge is -2.41. The predicted octanol–water partition coefficient (Wildman–Crippen LogP) is 3.24. The maximum Gasteiger partial charge on any atom is 0.254 e. The summed E-state index contributed by atoms with van der Waals surface area (Å²) in [7, 11) is 0. The predicted molar refractivity (Wildman–Crippen MR) is 136 cm³/mol. The number of pyridine rings is 1. The van der Waals surface area contributed by atoms with Gasteiger partial charge in [0.05, 0.1) is 11.0 Å². The van der Waals surface area contributed by atoms with Gasteiger partial charge in [-0.25, -0.2) is 4.98 Å². The molecule has 1 unspecified atom stereocenters. The number of benzene rings is 2. The van der Waals surface area contributed by atoms with Crippen molar-refractivity contribution < 1.29 is 9.59 Å². The van der Waals surface area contributed by atoms with Crippen LogP contribution in [0.4, 0.5) is 5.69 Å². The molecule has 1 atom stereocenters. The zero-order valence-electron chi connectivity index (χ0n) is 19.9.